The van der Waals surface area contributed by atoms with Crippen LogP contribution in [0.5, 0.6) is 5.75 Å². The smallest absolute Gasteiger partial charge is 0.268 e. The number of anilines is 1. The van der Waals surface area contributed by atoms with Crippen molar-refractivity contribution in [3.63, 3.8) is 0 Å². The van der Waals surface area contributed by atoms with E-state index in [1.165, 1.54) is 17.4 Å². The first-order valence-electron chi connectivity index (χ1n) is 8.50. The summed E-state index contributed by atoms with van der Waals surface area (Å²) >= 11 is 1.28. The van der Waals surface area contributed by atoms with Gasteiger partial charge < -0.3 is 10.5 Å². The third kappa shape index (κ3) is 5.51. The number of hydrogen-bond acceptors (Lipinski definition) is 6. The van der Waals surface area contributed by atoms with Crippen molar-refractivity contribution in [1.82, 2.24) is 4.98 Å². The fraction of sp³-hybridized carbons (Fsp3) is 0.0476. The lowest BCUT2D eigenvalue weighted by Gasteiger charge is -2.04. The van der Waals surface area contributed by atoms with E-state index in [9.17, 15) is 14.9 Å². The number of carbonyl (C=O) groups excluding carboxylic acids is 2. The van der Waals surface area contributed by atoms with Gasteiger partial charge in [-0.1, -0.05) is 42.5 Å². The maximum atomic E-state index is 12.4. The number of ether oxygens (including phenoxy) is 1. The Morgan fingerprint density at radius 2 is 1.90 bits per heavy atom. The van der Waals surface area contributed by atoms with Crippen LogP contribution in [0.15, 0.2) is 65.6 Å². The van der Waals surface area contributed by atoms with E-state index in [0.29, 0.717) is 16.4 Å². The molecule has 0 aliphatic carbocycles. The highest BCUT2D eigenvalue weighted by Crippen LogP contribution is 2.25. The van der Waals surface area contributed by atoms with Crippen LogP contribution < -0.4 is 15.8 Å². The molecule has 0 spiro atoms. The van der Waals surface area contributed by atoms with Gasteiger partial charge in [0.2, 0.25) is 0 Å². The number of nitriles is 1. The van der Waals surface area contributed by atoms with Crippen molar-refractivity contribution in [3.05, 3.63) is 71.1 Å². The number of primary amides is 1. The molecule has 2 aromatic carbocycles. The second-order valence-electron chi connectivity index (χ2n) is 5.85. The van der Waals surface area contributed by atoms with E-state index >= 15 is 0 Å². The minimum absolute atomic E-state index is 0.0627. The molecular formula is C21H16N4O3S. The van der Waals surface area contributed by atoms with Gasteiger partial charge in [0.1, 0.15) is 17.4 Å². The number of nitrogens with one attached hydrogen (secondary N) is 1. The lowest BCUT2D eigenvalue weighted by molar-refractivity contribution is -0.120. The Kier molecular flexibility index (Phi) is 6.35. The summed E-state index contributed by atoms with van der Waals surface area (Å²) in [5.74, 6) is -0.661. The van der Waals surface area contributed by atoms with Crippen LogP contribution in [0.3, 0.4) is 0 Å². The fourth-order valence-electron chi connectivity index (χ4n) is 2.37. The van der Waals surface area contributed by atoms with Gasteiger partial charge in [-0.3, -0.25) is 14.9 Å². The molecule has 3 N–H and O–H groups in total. The average Bonchev–Trinajstić information content (AvgIpc) is 3.20. The van der Waals surface area contributed by atoms with Gasteiger partial charge in [0.15, 0.2) is 11.7 Å². The maximum Gasteiger partial charge on any atom is 0.268 e. The summed E-state index contributed by atoms with van der Waals surface area (Å²) in [6.45, 7) is -0.222. The van der Waals surface area contributed by atoms with E-state index in [1.807, 2.05) is 41.8 Å². The Labute approximate surface area is 171 Å². The fourth-order valence-corrected chi connectivity index (χ4v) is 3.08. The van der Waals surface area contributed by atoms with E-state index in [4.69, 9.17) is 10.5 Å². The predicted octanol–water partition coefficient (Wildman–Crippen LogP) is 3.22. The number of thiazole rings is 1. The van der Waals surface area contributed by atoms with E-state index in [-0.39, 0.29) is 12.2 Å². The highest BCUT2D eigenvalue weighted by molar-refractivity contribution is 7.14. The molecule has 29 heavy (non-hydrogen) atoms. The van der Waals surface area contributed by atoms with Crippen LogP contribution in [0.2, 0.25) is 0 Å². The van der Waals surface area contributed by atoms with Crippen molar-refractivity contribution < 1.29 is 14.3 Å². The number of nitrogens with zero attached hydrogens (tertiary/aromatic N) is 2. The summed E-state index contributed by atoms with van der Waals surface area (Å²) in [6.07, 6.45) is 1.46. The largest absolute Gasteiger partial charge is 0.484 e. The van der Waals surface area contributed by atoms with Crippen molar-refractivity contribution in [1.29, 1.82) is 5.26 Å². The summed E-state index contributed by atoms with van der Waals surface area (Å²) in [6, 6.07) is 18.1. The number of benzene rings is 2. The lowest BCUT2D eigenvalue weighted by atomic mass is 10.1. The van der Waals surface area contributed by atoms with Crippen molar-refractivity contribution in [2.45, 2.75) is 0 Å². The van der Waals surface area contributed by atoms with E-state index in [0.717, 1.165) is 11.3 Å². The molecule has 0 saturated carbocycles. The van der Waals surface area contributed by atoms with Gasteiger partial charge in [0.05, 0.1) is 5.69 Å². The first kappa shape index (κ1) is 19.8. The lowest BCUT2D eigenvalue weighted by Crippen LogP contribution is -2.19. The third-order valence-corrected chi connectivity index (χ3v) is 4.49. The number of carbonyl (C=O) groups is 2. The van der Waals surface area contributed by atoms with Gasteiger partial charge in [0.25, 0.3) is 11.8 Å². The molecule has 1 aromatic heterocycles. The van der Waals surface area contributed by atoms with Crippen LogP contribution in [0, 0.1) is 11.3 Å². The van der Waals surface area contributed by atoms with Crippen LogP contribution in [0.1, 0.15) is 5.56 Å². The second-order valence-corrected chi connectivity index (χ2v) is 6.71. The molecule has 2 amide bonds. The molecule has 0 saturated heterocycles. The normalized spacial score (nSPS) is 10.8. The Bertz CT molecular complexity index is 1080. The van der Waals surface area contributed by atoms with Crippen LogP contribution in [-0.4, -0.2) is 23.4 Å². The summed E-state index contributed by atoms with van der Waals surface area (Å²) in [5.41, 5.74) is 7.29. The summed E-state index contributed by atoms with van der Waals surface area (Å²) in [7, 11) is 0. The Morgan fingerprint density at radius 3 is 2.55 bits per heavy atom. The quantitative estimate of drug-likeness (QED) is 0.463. The average molecular weight is 404 g/mol. The van der Waals surface area contributed by atoms with Crippen molar-refractivity contribution in [3.8, 4) is 23.1 Å². The Balaban J connectivity index is 1.68. The van der Waals surface area contributed by atoms with Crippen molar-refractivity contribution in [2.24, 2.45) is 5.73 Å². The van der Waals surface area contributed by atoms with Gasteiger partial charge in [-0.25, -0.2) is 4.98 Å². The van der Waals surface area contributed by atoms with Gasteiger partial charge in [-0.2, -0.15) is 5.26 Å². The second kappa shape index (κ2) is 9.30. The summed E-state index contributed by atoms with van der Waals surface area (Å²) in [5, 5.41) is 14.2. The maximum absolute atomic E-state index is 12.4. The molecule has 0 aliphatic heterocycles. The van der Waals surface area contributed by atoms with Crippen molar-refractivity contribution >= 4 is 34.4 Å². The molecule has 0 fully saturated rings. The molecular weight excluding hydrogens is 388 g/mol. The highest BCUT2D eigenvalue weighted by atomic mass is 32.1. The van der Waals surface area contributed by atoms with E-state index in [1.54, 1.807) is 24.3 Å². The molecule has 3 aromatic rings. The van der Waals surface area contributed by atoms with Crippen LogP contribution in [0.25, 0.3) is 17.3 Å². The zero-order valence-electron chi connectivity index (χ0n) is 15.2. The highest BCUT2D eigenvalue weighted by Gasteiger charge is 2.12. The molecule has 7 nitrogen and oxygen atoms in total. The molecule has 0 bridgehead atoms. The van der Waals surface area contributed by atoms with E-state index < -0.39 is 11.8 Å². The van der Waals surface area contributed by atoms with E-state index in [2.05, 4.69) is 10.3 Å². The Morgan fingerprint density at radius 1 is 1.17 bits per heavy atom. The van der Waals surface area contributed by atoms with Gasteiger partial charge in [-0.05, 0) is 23.8 Å². The zero-order chi connectivity index (χ0) is 20.6. The van der Waals surface area contributed by atoms with Crippen LogP contribution in [0.4, 0.5) is 5.13 Å². The molecule has 0 atom stereocenters. The Hall–Kier alpha value is -3.96. The standard InChI is InChI=1S/C21H16N4O3S/c22-11-16(10-14-6-8-17(9-7-14)28-12-19(23)26)20(27)25-21-24-18(13-29-21)15-4-2-1-3-5-15/h1-10,13H,12H2,(H2,23,26)(H,24,25,27). The topological polar surface area (TPSA) is 118 Å². The summed E-state index contributed by atoms with van der Waals surface area (Å²) < 4.78 is 5.17. The molecule has 0 radical (unpaired) electrons. The molecule has 144 valence electrons. The van der Waals surface area contributed by atoms with Gasteiger partial charge in [0, 0.05) is 10.9 Å². The number of aromatic nitrogens is 1. The first-order valence-corrected chi connectivity index (χ1v) is 9.38. The van der Waals surface area contributed by atoms with Crippen molar-refractivity contribution in [2.75, 3.05) is 11.9 Å². The zero-order valence-corrected chi connectivity index (χ0v) is 16.0. The van der Waals surface area contributed by atoms with Crippen LogP contribution >= 0.6 is 11.3 Å². The molecule has 8 heteroatoms. The molecule has 1 heterocycles. The first-order chi connectivity index (χ1) is 14.0. The van der Waals surface area contributed by atoms with Crippen LogP contribution in [-0.2, 0) is 9.59 Å². The SMILES string of the molecule is N#CC(=Cc1ccc(OCC(N)=O)cc1)C(=O)Nc1nc(-c2ccccc2)cs1. The minimum Gasteiger partial charge on any atom is -0.484 e. The van der Waals surface area contributed by atoms with Gasteiger partial charge in [-0.15, -0.1) is 11.3 Å². The number of amides is 2. The summed E-state index contributed by atoms with van der Waals surface area (Å²) in [4.78, 5) is 27.5. The minimum atomic E-state index is -0.574. The monoisotopic (exact) mass is 404 g/mol. The molecule has 0 aliphatic rings. The third-order valence-electron chi connectivity index (χ3n) is 3.73. The number of hydrogen-bond donors (Lipinski definition) is 2. The van der Waals surface area contributed by atoms with Gasteiger partial charge >= 0.3 is 0 Å². The molecule has 0 unspecified atom stereocenters. The number of nitrogens with two attached hydrogens (primary N) is 1. The number of rotatable bonds is 7. The predicted molar refractivity (Wildman–Crippen MR) is 111 cm³/mol. The molecule has 3 rings (SSSR count).